The first kappa shape index (κ1) is 20.2. The van der Waals surface area contributed by atoms with E-state index in [2.05, 4.69) is 35.6 Å². The summed E-state index contributed by atoms with van der Waals surface area (Å²) in [6.45, 7) is 8.24. The summed E-state index contributed by atoms with van der Waals surface area (Å²) in [6.07, 6.45) is 3.58. The Balaban J connectivity index is 1.72. The highest BCUT2D eigenvalue weighted by molar-refractivity contribution is 7.92. The molecule has 3 aromatic heterocycles. The number of hydrogen-bond acceptors (Lipinski definition) is 4. The highest BCUT2D eigenvalue weighted by Gasteiger charge is 2.20. The van der Waals surface area contributed by atoms with E-state index in [-0.39, 0.29) is 10.3 Å². The first-order chi connectivity index (χ1) is 14.0. The minimum absolute atomic E-state index is 0.0459. The molecule has 0 radical (unpaired) electrons. The van der Waals surface area contributed by atoms with Gasteiger partial charge in [0.05, 0.1) is 16.7 Å². The van der Waals surface area contributed by atoms with Gasteiger partial charge in [0.15, 0.2) is 0 Å². The van der Waals surface area contributed by atoms with Crippen LogP contribution in [0, 0.1) is 6.92 Å². The largest absolute Gasteiger partial charge is 0.340 e. The molecule has 0 aliphatic heterocycles. The van der Waals surface area contributed by atoms with E-state index in [1.54, 1.807) is 29.0 Å². The molecule has 0 amide bonds. The number of aromatic nitrogens is 4. The van der Waals surface area contributed by atoms with E-state index in [9.17, 15) is 8.42 Å². The number of sulfonamides is 1. The van der Waals surface area contributed by atoms with Gasteiger partial charge in [-0.2, -0.15) is 5.10 Å². The van der Waals surface area contributed by atoms with E-state index in [1.807, 2.05) is 49.0 Å². The van der Waals surface area contributed by atoms with Crippen LogP contribution in [0.15, 0.2) is 59.9 Å². The molecule has 3 heterocycles. The lowest BCUT2D eigenvalue weighted by Crippen LogP contribution is -2.16. The summed E-state index contributed by atoms with van der Waals surface area (Å²) in [4.78, 5) is 4.55. The number of imidazole rings is 1. The molecule has 8 heteroatoms. The van der Waals surface area contributed by atoms with Crippen LogP contribution in [0.3, 0.4) is 0 Å². The highest BCUT2D eigenvalue weighted by atomic mass is 32.2. The standard InChI is InChI=1S/C22H25N5O2S/c1-15-6-11-21(27-20(15)12-18(24-27)19-13-26(5)14-23-19)25-30(28,29)17-9-7-16(8-10-17)22(2,3)4/h6-14,25H,1-5H3. The van der Waals surface area contributed by atoms with E-state index in [4.69, 9.17) is 0 Å². The van der Waals surface area contributed by atoms with E-state index in [0.717, 1.165) is 22.3 Å². The van der Waals surface area contributed by atoms with Crippen molar-refractivity contribution in [2.45, 2.75) is 38.0 Å². The molecule has 0 unspecified atom stereocenters. The number of pyridine rings is 1. The molecular formula is C22H25N5O2S. The number of aryl methyl sites for hydroxylation is 2. The van der Waals surface area contributed by atoms with Gasteiger partial charge in [-0.05, 0) is 47.7 Å². The lowest BCUT2D eigenvalue weighted by atomic mass is 9.87. The zero-order valence-electron chi connectivity index (χ0n) is 17.7. The van der Waals surface area contributed by atoms with E-state index >= 15 is 0 Å². The molecule has 0 atom stereocenters. The molecule has 0 spiro atoms. The predicted octanol–water partition coefficient (Wildman–Crippen LogP) is 4.14. The van der Waals surface area contributed by atoms with Crippen LogP contribution in [-0.4, -0.2) is 27.6 Å². The minimum atomic E-state index is -3.76. The predicted molar refractivity (Wildman–Crippen MR) is 118 cm³/mol. The van der Waals surface area contributed by atoms with Crippen molar-refractivity contribution in [1.29, 1.82) is 0 Å². The number of nitrogens with one attached hydrogen (secondary N) is 1. The zero-order valence-corrected chi connectivity index (χ0v) is 18.5. The maximum absolute atomic E-state index is 13.0. The monoisotopic (exact) mass is 423 g/mol. The molecule has 0 saturated heterocycles. The third kappa shape index (κ3) is 3.70. The Labute approximate surface area is 176 Å². The van der Waals surface area contributed by atoms with Gasteiger partial charge < -0.3 is 4.57 Å². The molecule has 0 aliphatic carbocycles. The SMILES string of the molecule is Cc1ccc(NS(=O)(=O)c2ccc(C(C)(C)C)cc2)n2nc(-c3cn(C)cn3)cc12. The Bertz CT molecular complexity index is 1330. The molecule has 1 aromatic carbocycles. The van der Waals surface area contributed by atoms with Crippen LogP contribution in [-0.2, 0) is 22.5 Å². The lowest BCUT2D eigenvalue weighted by molar-refractivity contribution is 0.587. The van der Waals surface area contributed by atoms with Crippen LogP contribution in [0.1, 0.15) is 31.9 Å². The number of nitrogens with zero attached hydrogens (tertiary/aromatic N) is 4. The fourth-order valence-corrected chi connectivity index (χ4v) is 4.33. The Hall–Kier alpha value is -3.13. The molecule has 0 fully saturated rings. The van der Waals surface area contributed by atoms with Gasteiger partial charge in [-0.15, -0.1) is 0 Å². The van der Waals surface area contributed by atoms with Crippen LogP contribution in [0.25, 0.3) is 16.9 Å². The Kier molecular flexibility index (Phi) is 4.69. The first-order valence-corrected chi connectivity index (χ1v) is 11.1. The quantitative estimate of drug-likeness (QED) is 0.535. The minimum Gasteiger partial charge on any atom is -0.340 e. The number of hydrogen-bond donors (Lipinski definition) is 1. The smallest absolute Gasteiger partial charge is 0.263 e. The average molecular weight is 424 g/mol. The van der Waals surface area contributed by atoms with Crippen molar-refractivity contribution < 1.29 is 8.42 Å². The van der Waals surface area contributed by atoms with Gasteiger partial charge in [0, 0.05) is 13.2 Å². The first-order valence-electron chi connectivity index (χ1n) is 9.66. The Morgan fingerprint density at radius 2 is 1.70 bits per heavy atom. The van der Waals surface area contributed by atoms with Crippen molar-refractivity contribution in [1.82, 2.24) is 19.2 Å². The Morgan fingerprint density at radius 1 is 1.00 bits per heavy atom. The van der Waals surface area contributed by atoms with Crippen LogP contribution in [0.4, 0.5) is 5.82 Å². The van der Waals surface area contributed by atoms with Gasteiger partial charge in [0.1, 0.15) is 17.2 Å². The van der Waals surface area contributed by atoms with Crippen molar-refractivity contribution in [3.05, 3.63) is 66.1 Å². The number of anilines is 1. The number of rotatable bonds is 4. The molecule has 4 aromatic rings. The summed E-state index contributed by atoms with van der Waals surface area (Å²) < 4.78 is 32.1. The lowest BCUT2D eigenvalue weighted by Gasteiger charge is -2.19. The Morgan fingerprint density at radius 3 is 2.30 bits per heavy atom. The second-order valence-electron chi connectivity index (χ2n) is 8.53. The summed E-state index contributed by atoms with van der Waals surface area (Å²) in [5.41, 5.74) is 4.25. The molecule has 156 valence electrons. The van der Waals surface area contributed by atoms with Crippen molar-refractivity contribution in [3.8, 4) is 11.4 Å². The summed E-state index contributed by atoms with van der Waals surface area (Å²) in [6, 6.07) is 12.5. The highest BCUT2D eigenvalue weighted by Crippen LogP contribution is 2.26. The topological polar surface area (TPSA) is 81.3 Å². The van der Waals surface area contributed by atoms with Crippen molar-refractivity contribution >= 4 is 21.4 Å². The normalized spacial score (nSPS) is 12.4. The fraction of sp³-hybridized carbons (Fsp3) is 0.273. The number of benzene rings is 1. The summed E-state index contributed by atoms with van der Waals surface area (Å²) in [7, 11) is -1.87. The third-order valence-electron chi connectivity index (χ3n) is 5.07. The maximum Gasteiger partial charge on any atom is 0.263 e. The van der Waals surface area contributed by atoms with Crippen molar-refractivity contribution in [2.75, 3.05) is 4.72 Å². The van der Waals surface area contributed by atoms with Gasteiger partial charge in [-0.3, -0.25) is 4.72 Å². The van der Waals surface area contributed by atoms with Crippen LogP contribution in [0.2, 0.25) is 0 Å². The number of fused-ring (bicyclic) bond motifs is 1. The van der Waals surface area contributed by atoms with E-state index < -0.39 is 10.0 Å². The van der Waals surface area contributed by atoms with E-state index in [0.29, 0.717) is 11.5 Å². The van der Waals surface area contributed by atoms with Crippen LogP contribution in [0.5, 0.6) is 0 Å². The second-order valence-corrected chi connectivity index (χ2v) is 10.2. The molecular weight excluding hydrogens is 398 g/mol. The van der Waals surface area contributed by atoms with E-state index in [1.165, 1.54) is 0 Å². The maximum atomic E-state index is 13.0. The average Bonchev–Trinajstić information content (AvgIpc) is 3.30. The van der Waals surface area contributed by atoms with Gasteiger partial charge >= 0.3 is 0 Å². The molecule has 0 saturated carbocycles. The molecule has 1 N–H and O–H groups in total. The van der Waals surface area contributed by atoms with Gasteiger partial charge in [-0.25, -0.2) is 17.9 Å². The fourth-order valence-electron chi connectivity index (χ4n) is 3.28. The summed E-state index contributed by atoms with van der Waals surface area (Å²) in [5, 5.41) is 4.60. The molecule has 0 aliphatic rings. The van der Waals surface area contributed by atoms with Gasteiger partial charge in [0.25, 0.3) is 10.0 Å². The second kappa shape index (κ2) is 6.98. The van der Waals surface area contributed by atoms with Gasteiger partial charge in [0.2, 0.25) is 0 Å². The summed E-state index contributed by atoms with van der Waals surface area (Å²) in [5.74, 6) is 0.373. The van der Waals surface area contributed by atoms with Crippen molar-refractivity contribution in [2.24, 2.45) is 7.05 Å². The molecule has 30 heavy (non-hydrogen) atoms. The van der Waals surface area contributed by atoms with Crippen molar-refractivity contribution in [3.63, 3.8) is 0 Å². The van der Waals surface area contributed by atoms with Crippen LogP contribution < -0.4 is 4.72 Å². The molecule has 7 nitrogen and oxygen atoms in total. The van der Waals surface area contributed by atoms with Crippen LogP contribution >= 0.6 is 0 Å². The van der Waals surface area contributed by atoms with Gasteiger partial charge in [-0.1, -0.05) is 39.0 Å². The summed E-state index contributed by atoms with van der Waals surface area (Å²) >= 11 is 0. The third-order valence-corrected chi connectivity index (χ3v) is 6.44. The molecule has 0 bridgehead atoms. The molecule has 4 rings (SSSR count). The zero-order chi connectivity index (χ0) is 21.7.